The molecule has 1 aromatic carbocycles. The monoisotopic (exact) mass is 297 g/mol. The van der Waals surface area contributed by atoms with Gasteiger partial charge in [-0.2, -0.15) is 30.3 Å². The van der Waals surface area contributed by atoms with Crippen molar-refractivity contribution in [2.24, 2.45) is 5.73 Å². The summed E-state index contributed by atoms with van der Waals surface area (Å²) >= 11 is 0. The first-order valence-electron chi connectivity index (χ1n) is 2.59. The summed E-state index contributed by atoms with van der Waals surface area (Å²) in [5, 5.41) is 0. The molecule has 0 bridgehead atoms. The van der Waals surface area contributed by atoms with Crippen molar-refractivity contribution < 1.29 is 43.5 Å². The molecule has 0 saturated carbocycles. The molecule has 1 nitrogen and oxygen atoms in total. The van der Waals surface area contributed by atoms with Gasteiger partial charge in [0.25, 0.3) is 0 Å². The van der Waals surface area contributed by atoms with Crippen LogP contribution in [0.1, 0.15) is 5.56 Å². The molecule has 0 amide bonds. The van der Waals surface area contributed by atoms with E-state index in [1.165, 1.54) is 0 Å². The van der Waals surface area contributed by atoms with Crippen molar-refractivity contribution in [3.8, 4) is 0 Å². The minimum Gasteiger partial charge on any atom is -1.00 e. The Kier molecular flexibility index (Phi) is 10.0. The zero-order valence-corrected chi connectivity index (χ0v) is 10.8. The average Bonchev–Trinajstić information content (AvgIpc) is 1.90. The maximum atomic E-state index is 5.32. The molecule has 0 fully saturated rings. The van der Waals surface area contributed by atoms with E-state index in [2.05, 4.69) is 6.07 Å². The van der Waals surface area contributed by atoms with Gasteiger partial charge >= 0.3 is 19.5 Å². The molecule has 2 N–H and O–H groups in total. The number of halogens is 1. The molecule has 10 heavy (non-hydrogen) atoms. The first kappa shape index (κ1) is 13.1. The van der Waals surface area contributed by atoms with E-state index in [0.29, 0.717) is 6.54 Å². The Labute approximate surface area is 91.2 Å². The Morgan fingerprint density at radius 1 is 1.40 bits per heavy atom. The summed E-state index contributed by atoms with van der Waals surface area (Å²) in [5.41, 5.74) is 6.38. The van der Waals surface area contributed by atoms with Gasteiger partial charge in [-0.3, -0.25) is 0 Å². The third-order valence-corrected chi connectivity index (χ3v) is 0.993. The van der Waals surface area contributed by atoms with Gasteiger partial charge in [0.15, 0.2) is 0 Å². The molecular weight excluding hydrogens is 290 g/mol. The minimum absolute atomic E-state index is 0. The Bertz CT molecular complexity index is 155. The molecule has 0 aromatic heterocycles. The molecule has 50 valence electrons. The third kappa shape index (κ3) is 4.36. The van der Waals surface area contributed by atoms with Crippen LogP contribution in [0, 0.1) is 6.07 Å². The first-order chi connectivity index (χ1) is 3.93. The molecule has 1 aromatic rings. The van der Waals surface area contributed by atoms with Crippen LogP contribution in [0.3, 0.4) is 0 Å². The standard InChI is InChI=1S/C7H8N.HI.Zn/c8-6-7-4-2-1-3-5-7;;/h1-4H,6,8H2;1H;/q-1;;+2/p-1. The Morgan fingerprint density at radius 3 is 2.40 bits per heavy atom. The summed E-state index contributed by atoms with van der Waals surface area (Å²) in [6.07, 6.45) is 0. The number of benzene rings is 1. The van der Waals surface area contributed by atoms with Gasteiger partial charge in [0.05, 0.1) is 0 Å². The van der Waals surface area contributed by atoms with Crippen LogP contribution in [0.2, 0.25) is 0 Å². The summed E-state index contributed by atoms with van der Waals surface area (Å²) in [5.74, 6) is 0. The van der Waals surface area contributed by atoms with Gasteiger partial charge < -0.3 is 29.7 Å². The zero-order valence-electron chi connectivity index (χ0n) is 5.68. The molecule has 0 atom stereocenters. The van der Waals surface area contributed by atoms with E-state index in [4.69, 9.17) is 5.73 Å². The fourth-order valence-corrected chi connectivity index (χ4v) is 0.557. The van der Waals surface area contributed by atoms with Gasteiger partial charge in [0, 0.05) is 0 Å². The summed E-state index contributed by atoms with van der Waals surface area (Å²) in [6, 6.07) is 10.7. The van der Waals surface area contributed by atoms with E-state index in [0.717, 1.165) is 5.56 Å². The van der Waals surface area contributed by atoms with Gasteiger partial charge in [-0.15, -0.1) is 5.56 Å². The van der Waals surface area contributed by atoms with Crippen molar-refractivity contribution in [3.63, 3.8) is 0 Å². The second-order valence-electron chi connectivity index (χ2n) is 1.59. The Balaban J connectivity index is 0. The predicted molar refractivity (Wildman–Crippen MR) is 33.2 cm³/mol. The summed E-state index contributed by atoms with van der Waals surface area (Å²) < 4.78 is 0. The van der Waals surface area contributed by atoms with Crippen molar-refractivity contribution in [1.29, 1.82) is 0 Å². The fraction of sp³-hybridized carbons (Fsp3) is 0.143. The molecule has 0 unspecified atom stereocenters. The molecule has 0 heterocycles. The molecule has 3 heteroatoms. The SMILES string of the molecule is NCc1[c-]cccc1.[I-].[Zn+2]. The largest absolute Gasteiger partial charge is 2.00 e. The summed E-state index contributed by atoms with van der Waals surface area (Å²) in [7, 11) is 0. The topological polar surface area (TPSA) is 26.0 Å². The maximum absolute atomic E-state index is 5.32. The average molecular weight is 298 g/mol. The van der Waals surface area contributed by atoms with E-state index in [1.807, 2.05) is 24.3 Å². The van der Waals surface area contributed by atoms with Crippen LogP contribution >= 0.6 is 0 Å². The molecule has 0 aliphatic heterocycles. The van der Waals surface area contributed by atoms with Crippen LogP contribution in [0.4, 0.5) is 0 Å². The molecule has 0 aliphatic rings. The molecule has 0 saturated heterocycles. The molecule has 0 spiro atoms. The van der Waals surface area contributed by atoms with E-state index in [-0.39, 0.29) is 43.5 Å². The van der Waals surface area contributed by atoms with Crippen LogP contribution < -0.4 is 29.7 Å². The molecule has 0 aliphatic carbocycles. The van der Waals surface area contributed by atoms with Crippen molar-refractivity contribution in [1.82, 2.24) is 0 Å². The van der Waals surface area contributed by atoms with Gasteiger partial charge in [-0.05, 0) is 6.54 Å². The maximum Gasteiger partial charge on any atom is 2.00 e. The van der Waals surface area contributed by atoms with Crippen molar-refractivity contribution in [2.45, 2.75) is 6.54 Å². The van der Waals surface area contributed by atoms with E-state index in [9.17, 15) is 0 Å². The van der Waals surface area contributed by atoms with Crippen molar-refractivity contribution >= 4 is 0 Å². The van der Waals surface area contributed by atoms with Gasteiger partial charge in [0.1, 0.15) is 0 Å². The predicted octanol–water partition coefficient (Wildman–Crippen LogP) is -2.05. The number of hydrogen-bond donors (Lipinski definition) is 1. The van der Waals surface area contributed by atoms with Crippen molar-refractivity contribution in [2.75, 3.05) is 0 Å². The third-order valence-electron chi connectivity index (χ3n) is 0.993. The van der Waals surface area contributed by atoms with Crippen LogP contribution in [0.15, 0.2) is 24.3 Å². The first-order valence-corrected chi connectivity index (χ1v) is 2.59. The normalized spacial score (nSPS) is 7.30. The molecule has 1 rings (SSSR count). The quantitative estimate of drug-likeness (QED) is 0.360. The van der Waals surface area contributed by atoms with Crippen molar-refractivity contribution in [3.05, 3.63) is 35.9 Å². The van der Waals surface area contributed by atoms with Gasteiger partial charge in [-0.1, -0.05) is 0 Å². The second kappa shape index (κ2) is 7.64. The minimum atomic E-state index is 0. The number of rotatable bonds is 1. The van der Waals surface area contributed by atoms with Crippen LogP contribution in [0.5, 0.6) is 0 Å². The fourth-order valence-electron chi connectivity index (χ4n) is 0.557. The Hall–Kier alpha value is 0.533. The van der Waals surface area contributed by atoms with Crippen LogP contribution in [-0.2, 0) is 26.0 Å². The molecule has 0 radical (unpaired) electrons. The number of hydrogen-bond acceptors (Lipinski definition) is 1. The van der Waals surface area contributed by atoms with Gasteiger partial charge in [0.2, 0.25) is 0 Å². The van der Waals surface area contributed by atoms with Gasteiger partial charge in [-0.25, -0.2) is 0 Å². The van der Waals surface area contributed by atoms with Crippen LogP contribution in [0.25, 0.3) is 0 Å². The number of nitrogens with two attached hydrogens (primary N) is 1. The second-order valence-corrected chi connectivity index (χ2v) is 1.59. The molecular formula is C7H8INZn. The van der Waals surface area contributed by atoms with E-state index in [1.54, 1.807) is 0 Å². The Morgan fingerprint density at radius 2 is 2.10 bits per heavy atom. The smallest absolute Gasteiger partial charge is 1.00 e. The zero-order chi connectivity index (χ0) is 5.82. The summed E-state index contributed by atoms with van der Waals surface area (Å²) in [4.78, 5) is 0. The van der Waals surface area contributed by atoms with E-state index >= 15 is 0 Å². The van der Waals surface area contributed by atoms with Crippen LogP contribution in [-0.4, -0.2) is 0 Å². The summed E-state index contributed by atoms with van der Waals surface area (Å²) in [6.45, 7) is 0.584. The van der Waals surface area contributed by atoms with E-state index < -0.39 is 0 Å².